The molecule has 0 spiro atoms. The SMILES string of the molecule is FC(F)c1ccnc(NC2CC2)n1. The van der Waals surface area contributed by atoms with E-state index in [1.807, 2.05) is 0 Å². The third-order valence-corrected chi connectivity index (χ3v) is 1.81. The van der Waals surface area contributed by atoms with Crippen LogP contribution in [-0.4, -0.2) is 16.0 Å². The van der Waals surface area contributed by atoms with E-state index in [1.165, 1.54) is 12.3 Å². The Morgan fingerprint density at radius 3 is 2.85 bits per heavy atom. The van der Waals surface area contributed by atoms with E-state index in [9.17, 15) is 8.78 Å². The zero-order valence-corrected chi connectivity index (χ0v) is 6.87. The minimum Gasteiger partial charge on any atom is -0.351 e. The molecule has 70 valence electrons. The molecule has 5 heteroatoms. The Morgan fingerprint density at radius 2 is 2.23 bits per heavy atom. The van der Waals surface area contributed by atoms with Gasteiger partial charge in [-0.15, -0.1) is 0 Å². The minimum absolute atomic E-state index is 0.224. The van der Waals surface area contributed by atoms with Crippen LogP contribution in [0.4, 0.5) is 14.7 Å². The van der Waals surface area contributed by atoms with Crippen molar-refractivity contribution in [3.63, 3.8) is 0 Å². The van der Waals surface area contributed by atoms with E-state index >= 15 is 0 Å². The van der Waals surface area contributed by atoms with Crippen molar-refractivity contribution in [2.24, 2.45) is 0 Å². The molecule has 0 unspecified atom stereocenters. The fraction of sp³-hybridized carbons (Fsp3) is 0.500. The van der Waals surface area contributed by atoms with Gasteiger partial charge in [0.25, 0.3) is 6.43 Å². The predicted octanol–water partition coefficient (Wildman–Crippen LogP) is 1.99. The molecule has 1 aromatic heterocycles. The molecule has 0 amide bonds. The van der Waals surface area contributed by atoms with Crippen molar-refractivity contribution >= 4 is 5.95 Å². The van der Waals surface area contributed by atoms with Crippen molar-refractivity contribution in [3.8, 4) is 0 Å². The van der Waals surface area contributed by atoms with E-state index in [1.54, 1.807) is 0 Å². The molecule has 2 rings (SSSR count). The standard InChI is InChI=1S/C8H9F2N3/c9-7(10)6-3-4-11-8(13-6)12-5-1-2-5/h3-5,7H,1-2H2,(H,11,12,13). The fourth-order valence-corrected chi connectivity index (χ4v) is 0.974. The van der Waals surface area contributed by atoms with Crippen molar-refractivity contribution in [3.05, 3.63) is 18.0 Å². The van der Waals surface area contributed by atoms with E-state index in [4.69, 9.17) is 0 Å². The van der Waals surface area contributed by atoms with Gasteiger partial charge in [-0.1, -0.05) is 0 Å². The van der Waals surface area contributed by atoms with Crippen LogP contribution in [-0.2, 0) is 0 Å². The van der Waals surface area contributed by atoms with Gasteiger partial charge in [0.1, 0.15) is 5.69 Å². The smallest absolute Gasteiger partial charge is 0.280 e. The maximum absolute atomic E-state index is 12.2. The van der Waals surface area contributed by atoms with Gasteiger partial charge in [-0.05, 0) is 18.9 Å². The molecule has 0 atom stereocenters. The Morgan fingerprint density at radius 1 is 1.46 bits per heavy atom. The van der Waals surface area contributed by atoms with Crippen LogP contribution in [0.5, 0.6) is 0 Å². The molecule has 0 bridgehead atoms. The monoisotopic (exact) mass is 185 g/mol. The molecule has 1 aliphatic carbocycles. The van der Waals surface area contributed by atoms with Crippen LogP contribution in [0, 0.1) is 0 Å². The van der Waals surface area contributed by atoms with Gasteiger partial charge in [-0.25, -0.2) is 18.7 Å². The first kappa shape index (κ1) is 8.34. The summed E-state index contributed by atoms with van der Waals surface area (Å²) in [4.78, 5) is 7.53. The summed E-state index contributed by atoms with van der Waals surface area (Å²) in [6, 6.07) is 1.61. The largest absolute Gasteiger partial charge is 0.351 e. The zero-order chi connectivity index (χ0) is 9.26. The lowest BCUT2D eigenvalue weighted by Crippen LogP contribution is -2.06. The summed E-state index contributed by atoms with van der Waals surface area (Å²) in [5.41, 5.74) is -0.224. The first-order valence-corrected chi connectivity index (χ1v) is 4.13. The molecule has 1 heterocycles. The summed E-state index contributed by atoms with van der Waals surface area (Å²) in [5, 5.41) is 2.96. The fourth-order valence-electron chi connectivity index (χ4n) is 0.974. The van der Waals surface area contributed by atoms with Gasteiger partial charge in [0.15, 0.2) is 0 Å². The number of hydrogen-bond acceptors (Lipinski definition) is 3. The second kappa shape index (κ2) is 3.24. The summed E-state index contributed by atoms with van der Waals surface area (Å²) in [5.74, 6) is 0.306. The first-order valence-electron chi connectivity index (χ1n) is 4.13. The maximum atomic E-state index is 12.2. The van der Waals surface area contributed by atoms with E-state index in [0.717, 1.165) is 12.8 Å². The molecule has 0 aromatic carbocycles. The lowest BCUT2D eigenvalue weighted by atomic mass is 10.4. The summed E-state index contributed by atoms with van der Waals surface area (Å²) >= 11 is 0. The topological polar surface area (TPSA) is 37.8 Å². The number of hydrogen-bond donors (Lipinski definition) is 1. The molecular weight excluding hydrogens is 176 g/mol. The number of rotatable bonds is 3. The number of anilines is 1. The van der Waals surface area contributed by atoms with Gasteiger partial charge < -0.3 is 5.32 Å². The van der Waals surface area contributed by atoms with Crippen LogP contribution >= 0.6 is 0 Å². The van der Waals surface area contributed by atoms with Crippen molar-refractivity contribution in [1.82, 2.24) is 9.97 Å². The quantitative estimate of drug-likeness (QED) is 0.782. The van der Waals surface area contributed by atoms with Crippen LogP contribution in [0.1, 0.15) is 25.0 Å². The molecule has 3 nitrogen and oxygen atoms in total. The maximum Gasteiger partial charge on any atom is 0.280 e. The molecule has 1 aliphatic rings. The minimum atomic E-state index is -2.53. The van der Waals surface area contributed by atoms with Gasteiger partial charge in [-0.3, -0.25) is 0 Å². The summed E-state index contributed by atoms with van der Waals surface area (Å²) in [6.45, 7) is 0. The second-order valence-corrected chi connectivity index (χ2v) is 3.02. The highest BCUT2D eigenvalue weighted by Crippen LogP contribution is 2.23. The van der Waals surface area contributed by atoms with Gasteiger partial charge in [-0.2, -0.15) is 0 Å². The van der Waals surface area contributed by atoms with Crippen LogP contribution in [0.25, 0.3) is 0 Å². The molecule has 0 aliphatic heterocycles. The first-order chi connectivity index (χ1) is 6.25. The Labute approximate surface area is 74.2 Å². The Kier molecular flexibility index (Phi) is 2.08. The van der Waals surface area contributed by atoms with E-state index in [-0.39, 0.29) is 5.69 Å². The average molecular weight is 185 g/mol. The van der Waals surface area contributed by atoms with E-state index in [2.05, 4.69) is 15.3 Å². The number of nitrogens with one attached hydrogen (secondary N) is 1. The summed E-state index contributed by atoms with van der Waals surface area (Å²) in [6.07, 6.45) is 0.965. The normalized spacial score (nSPS) is 16.2. The molecule has 13 heavy (non-hydrogen) atoms. The van der Waals surface area contributed by atoms with Crippen molar-refractivity contribution in [1.29, 1.82) is 0 Å². The van der Waals surface area contributed by atoms with Gasteiger partial charge in [0, 0.05) is 12.2 Å². The number of alkyl halides is 2. The van der Waals surface area contributed by atoms with Crippen LogP contribution in [0.2, 0.25) is 0 Å². The van der Waals surface area contributed by atoms with Gasteiger partial charge in [0.2, 0.25) is 5.95 Å². The molecule has 1 aromatic rings. The van der Waals surface area contributed by atoms with Crippen molar-refractivity contribution in [2.75, 3.05) is 5.32 Å². The third-order valence-electron chi connectivity index (χ3n) is 1.81. The Balaban J connectivity index is 2.11. The van der Waals surface area contributed by atoms with Crippen molar-refractivity contribution < 1.29 is 8.78 Å². The van der Waals surface area contributed by atoms with E-state index < -0.39 is 6.43 Å². The predicted molar refractivity (Wildman–Crippen MR) is 43.6 cm³/mol. The van der Waals surface area contributed by atoms with Crippen LogP contribution in [0.3, 0.4) is 0 Å². The number of aromatic nitrogens is 2. The Bertz CT molecular complexity index is 299. The highest BCUT2D eigenvalue weighted by Gasteiger charge is 2.22. The molecule has 0 saturated heterocycles. The molecular formula is C8H9F2N3. The third kappa shape index (κ3) is 2.11. The second-order valence-electron chi connectivity index (χ2n) is 3.02. The van der Waals surface area contributed by atoms with Crippen LogP contribution < -0.4 is 5.32 Å². The number of nitrogens with zero attached hydrogens (tertiary/aromatic N) is 2. The molecule has 1 saturated carbocycles. The summed E-state index contributed by atoms with van der Waals surface area (Å²) in [7, 11) is 0. The highest BCUT2D eigenvalue weighted by molar-refractivity contribution is 5.28. The van der Waals surface area contributed by atoms with Gasteiger partial charge in [0.05, 0.1) is 0 Å². The average Bonchev–Trinajstić information content (AvgIpc) is 2.89. The lowest BCUT2D eigenvalue weighted by molar-refractivity contribution is 0.146. The molecule has 1 fully saturated rings. The number of halogens is 2. The Hall–Kier alpha value is -1.26. The molecule has 0 radical (unpaired) electrons. The summed E-state index contributed by atoms with van der Waals surface area (Å²) < 4.78 is 24.4. The lowest BCUT2D eigenvalue weighted by Gasteiger charge is -2.03. The molecule has 1 N–H and O–H groups in total. The zero-order valence-electron chi connectivity index (χ0n) is 6.87. The van der Waals surface area contributed by atoms with E-state index in [0.29, 0.717) is 12.0 Å². The van der Waals surface area contributed by atoms with Crippen LogP contribution in [0.15, 0.2) is 12.3 Å². The van der Waals surface area contributed by atoms with Gasteiger partial charge >= 0.3 is 0 Å². The highest BCUT2D eigenvalue weighted by atomic mass is 19.3. The van der Waals surface area contributed by atoms with Crippen molar-refractivity contribution in [2.45, 2.75) is 25.3 Å².